The van der Waals surface area contributed by atoms with Gasteiger partial charge >= 0.3 is 0 Å². The van der Waals surface area contributed by atoms with Crippen LogP contribution < -0.4 is 0 Å². The molecular formula is C42H32. The standard InChI is InChI=1S/C42H32/c1-5-17-29(18-6-1)37-33-25-13-14-26-34(33)39(31-21-9-3-10-22-31)42-40(32-23-11-4-12-24-32)36-28-16-15-27-35(36)38(41(37)42)30-19-7-2-8-20-30/h1-3,5-11,13-19,21-28,30H,4,12,20H2. The molecule has 42 heavy (non-hydrogen) atoms. The molecule has 0 fully saturated rings. The Morgan fingerprint density at radius 3 is 1.62 bits per heavy atom. The van der Waals surface area contributed by atoms with Crippen LogP contribution in [0.15, 0.2) is 152 Å². The lowest BCUT2D eigenvalue weighted by molar-refractivity contribution is 0.870. The van der Waals surface area contributed by atoms with Crippen molar-refractivity contribution < 1.29 is 0 Å². The van der Waals surface area contributed by atoms with E-state index in [1.807, 2.05) is 0 Å². The largest absolute Gasteiger partial charge is 0.0836 e. The lowest BCUT2D eigenvalue weighted by atomic mass is 9.75. The molecule has 0 bridgehead atoms. The van der Waals surface area contributed by atoms with Gasteiger partial charge in [-0.2, -0.15) is 0 Å². The molecule has 0 heteroatoms. The number of fused-ring (bicyclic) bond motifs is 3. The summed E-state index contributed by atoms with van der Waals surface area (Å²) in [5.41, 5.74) is 9.33. The van der Waals surface area contributed by atoms with Crippen LogP contribution in [0, 0.1) is 0 Å². The van der Waals surface area contributed by atoms with Crippen LogP contribution in [-0.2, 0) is 0 Å². The molecule has 6 aromatic rings. The third-order valence-corrected chi connectivity index (χ3v) is 8.98. The highest BCUT2D eigenvalue weighted by molar-refractivity contribution is 6.29. The van der Waals surface area contributed by atoms with E-state index in [1.165, 1.54) is 71.3 Å². The van der Waals surface area contributed by atoms with E-state index >= 15 is 0 Å². The summed E-state index contributed by atoms with van der Waals surface area (Å²) >= 11 is 0. The van der Waals surface area contributed by atoms with E-state index in [-0.39, 0.29) is 0 Å². The average molecular weight is 537 g/mol. The molecule has 0 aliphatic heterocycles. The van der Waals surface area contributed by atoms with Gasteiger partial charge in [0.05, 0.1) is 0 Å². The van der Waals surface area contributed by atoms with Gasteiger partial charge in [0.2, 0.25) is 0 Å². The normalized spacial score (nSPS) is 16.4. The fourth-order valence-electron chi connectivity index (χ4n) is 7.25. The van der Waals surface area contributed by atoms with E-state index in [4.69, 9.17) is 0 Å². The Morgan fingerprint density at radius 1 is 0.476 bits per heavy atom. The minimum atomic E-state index is 0.291. The van der Waals surface area contributed by atoms with Crippen LogP contribution in [0.2, 0.25) is 0 Å². The van der Waals surface area contributed by atoms with Gasteiger partial charge in [0, 0.05) is 5.92 Å². The van der Waals surface area contributed by atoms with Crippen molar-refractivity contribution in [1.82, 2.24) is 0 Å². The minimum Gasteiger partial charge on any atom is -0.0836 e. The summed E-state index contributed by atoms with van der Waals surface area (Å²) in [5.74, 6) is 0.291. The van der Waals surface area contributed by atoms with E-state index in [2.05, 4.69) is 152 Å². The minimum absolute atomic E-state index is 0.291. The summed E-state index contributed by atoms with van der Waals surface area (Å²) in [6, 6.07) is 40.3. The second-order valence-corrected chi connectivity index (χ2v) is 11.4. The Balaban J connectivity index is 1.72. The number of hydrogen-bond donors (Lipinski definition) is 0. The second kappa shape index (κ2) is 10.5. The van der Waals surface area contributed by atoms with E-state index in [0.717, 1.165) is 19.3 Å². The molecule has 0 saturated carbocycles. The Morgan fingerprint density at radius 2 is 1.05 bits per heavy atom. The number of benzene rings is 6. The molecule has 6 aromatic carbocycles. The van der Waals surface area contributed by atoms with Crippen LogP contribution in [0.25, 0.3) is 60.1 Å². The first-order valence-corrected chi connectivity index (χ1v) is 15.1. The quantitative estimate of drug-likeness (QED) is 0.197. The van der Waals surface area contributed by atoms with Crippen molar-refractivity contribution >= 4 is 37.9 Å². The molecule has 200 valence electrons. The van der Waals surface area contributed by atoms with Gasteiger partial charge in [-0.3, -0.25) is 0 Å². The first kappa shape index (κ1) is 24.8. The van der Waals surface area contributed by atoms with Crippen molar-refractivity contribution in [1.29, 1.82) is 0 Å². The fourth-order valence-corrected chi connectivity index (χ4v) is 7.25. The van der Waals surface area contributed by atoms with Gasteiger partial charge in [0.15, 0.2) is 0 Å². The van der Waals surface area contributed by atoms with Gasteiger partial charge in [0.25, 0.3) is 0 Å². The molecule has 1 unspecified atom stereocenters. The van der Waals surface area contributed by atoms with Crippen LogP contribution in [0.4, 0.5) is 0 Å². The zero-order chi connectivity index (χ0) is 27.9. The molecule has 0 radical (unpaired) electrons. The summed E-state index contributed by atoms with van der Waals surface area (Å²) in [7, 11) is 0. The van der Waals surface area contributed by atoms with E-state index < -0.39 is 0 Å². The molecule has 2 aliphatic rings. The topological polar surface area (TPSA) is 0 Å². The van der Waals surface area contributed by atoms with Crippen LogP contribution in [-0.4, -0.2) is 0 Å². The molecule has 0 spiro atoms. The maximum absolute atomic E-state index is 2.45. The zero-order valence-electron chi connectivity index (χ0n) is 23.6. The predicted molar refractivity (Wildman–Crippen MR) is 182 cm³/mol. The number of allylic oxidation sites excluding steroid dienone is 8. The molecule has 0 N–H and O–H groups in total. The van der Waals surface area contributed by atoms with Crippen molar-refractivity contribution in [3.8, 4) is 22.3 Å². The molecule has 0 heterocycles. The summed E-state index contributed by atoms with van der Waals surface area (Å²) < 4.78 is 0. The van der Waals surface area contributed by atoms with Crippen molar-refractivity contribution in [3.63, 3.8) is 0 Å². The third kappa shape index (κ3) is 3.98. The molecule has 8 rings (SSSR count). The van der Waals surface area contributed by atoms with Gasteiger partial charge in [-0.15, -0.1) is 0 Å². The lowest BCUT2D eigenvalue weighted by Gasteiger charge is -2.28. The first-order chi connectivity index (χ1) is 20.9. The number of hydrogen-bond acceptors (Lipinski definition) is 0. The smallest absolute Gasteiger partial charge is 0.00682 e. The zero-order valence-corrected chi connectivity index (χ0v) is 23.6. The molecule has 0 nitrogen and oxygen atoms in total. The maximum atomic E-state index is 2.45. The van der Waals surface area contributed by atoms with Crippen molar-refractivity contribution in [3.05, 3.63) is 163 Å². The molecular weight excluding hydrogens is 504 g/mol. The van der Waals surface area contributed by atoms with Gasteiger partial charge < -0.3 is 0 Å². The van der Waals surface area contributed by atoms with Gasteiger partial charge in [-0.1, -0.05) is 152 Å². The molecule has 1 atom stereocenters. The molecule has 0 saturated heterocycles. The second-order valence-electron chi connectivity index (χ2n) is 11.4. The van der Waals surface area contributed by atoms with Crippen molar-refractivity contribution in [2.75, 3.05) is 0 Å². The van der Waals surface area contributed by atoms with Crippen LogP contribution in [0.1, 0.15) is 36.3 Å². The average Bonchev–Trinajstić information content (AvgIpc) is 3.07. The lowest BCUT2D eigenvalue weighted by Crippen LogP contribution is -2.05. The monoisotopic (exact) mass is 536 g/mol. The van der Waals surface area contributed by atoms with Crippen LogP contribution in [0.5, 0.6) is 0 Å². The predicted octanol–water partition coefficient (Wildman–Crippen LogP) is 11.8. The van der Waals surface area contributed by atoms with Crippen molar-refractivity contribution in [2.45, 2.75) is 25.2 Å². The highest BCUT2D eigenvalue weighted by Gasteiger charge is 2.27. The van der Waals surface area contributed by atoms with Crippen molar-refractivity contribution in [2.24, 2.45) is 0 Å². The highest BCUT2D eigenvalue weighted by Crippen LogP contribution is 2.52. The summed E-state index contributed by atoms with van der Waals surface area (Å²) in [6.07, 6.45) is 19.5. The van der Waals surface area contributed by atoms with Gasteiger partial charge in [-0.25, -0.2) is 0 Å². The third-order valence-electron chi connectivity index (χ3n) is 8.98. The van der Waals surface area contributed by atoms with Crippen LogP contribution >= 0.6 is 0 Å². The SMILES string of the molecule is C1=CCC(c2c3ccccc3c(C3=CCCC=C3)c3c(-c4ccccc4)c4ccccc4c(-c4ccccc4)c23)C=C1. The first-order valence-electron chi connectivity index (χ1n) is 15.1. The number of rotatable bonds is 4. The summed E-state index contributed by atoms with van der Waals surface area (Å²) in [5, 5.41) is 8.06. The molecule has 2 aliphatic carbocycles. The molecule has 0 aromatic heterocycles. The van der Waals surface area contributed by atoms with Gasteiger partial charge in [0.1, 0.15) is 0 Å². The Kier molecular flexibility index (Phi) is 6.19. The Hall–Kier alpha value is -4.94. The summed E-state index contributed by atoms with van der Waals surface area (Å²) in [4.78, 5) is 0. The Bertz CT molecular complexity index is 2090. The molecule has 0 amide bonds. The van der Waals surface area contributed by atoms with E-state index in [0.29, 0.717) is 5.92 Å². The highest BCUT2D eigenvalue weighted by atomic mass is 14.3. The maximum Gasteiger partial charge on any atom is 0.00682 e. The van der Waals surface area contributed by atoms with Gasteiger partial charge in [-0.05, 0) is 90.5 Å². The van der Waals surface area contributed by atoms with E-state index in [1.54, 1.807) is 0 Å². The fraction of sp³-hybridized carbons (Fsp3) is 0.0952. The van der Waals surface area contributed by atoms with E-state index in [9.17, 15) is 0 Å². The Labute approximate surface area is 247 Å². The van der Waals surface area contributed by atoms with Crippen LogP contribution in [0.3, 0.4) is 0 Å². The summed E-state index contributed by atoms with van der Waals surface area (Å²) in [6.45, 7) is 0.